The summed E-state index contributed by atoms with van der Waals surface area (Å²) in [6.07, 6.45) is -0.637. The Bertz CT molecular complexity index is 532. The lowest BCUT2D eigenvalue weighted by atomic mass is 10.2. The van der Waals surface area contributed by atoms with Gasteiger partial charge in [0.2, 0.25) is 0 Å². The molecule has 0 aliphatic rings. The van der Waals surface area contributed by atoms with Gasteiger partial charge in [0, 0.05) is 11.4 Å². The molecule has 1 aromatic carbocycles. The molecule has 0 radical (unpaired) electrons. The first-order chi connectivity index (χ1) is 9.97. The van der Waals surface area contributed by atoms with Crippen molar-refractivity contribution in [2.75, 3.05) is 24.4 Å². The second-order valence-electron chi connectivity index (χ2n) is 3.92. The van der Waals surface area contributed by atoms with E-state index in [1.807, 2.05) is 0 Å². The summed E-state index contributed by atoms with van der Waals surface area (Å²) in [5.41, 5.74) is 6.25. The number of carbonyl (C=O) groups is 3. The fourth-order valence-electron chi connectivity index (χ4n) is 1.40. The molecule has 0 heterocycles. The zero-order valence-corrected chi connectivity index (χ0v) is 11.7. The van der Waals surface area contributed by atoms with Gasteiger partial charge >= 0.3 is 12.1 Å². The standard InChI is InChI=1S/C13H17N3O5/c1-3-21-12(18)10(14)11(17)15-8-5-4-6-9(7-8)16-13(19)20-2/h4-7,10H,3,14H2,1-2H3,(H,15,17)(H,16,19). The Kier molecular flexibility index (Phi) is 6.15. The summed E-state index contributed by atoms with van der Waals surface area (Å²) in [4.78, 5) is 34.2. The van der Waals surface area contributed by atoms with Crippen LogP contribution in [0.1, 0.15) is 6.92 Å². The van der Waals surface area contributed by atoms with Gasteiger partial charge in [-0.2, -0.15) is 0 Å². The number of methoxy groups -OCH3 is 1. The average Bonchev–Trinajstić information content (AvgIpc) is 2.46. The fraction of sp³-hybridized carbons (Fsp3) is 0.308. The summed E-state index contributed by atoms with van der Waals surface area (Å²) in [7, 11) is 1.24. The van der Waals surface area contributed by atoms with Crippen molar-refractivity contribution < 1.29 is 23.9 Å². The lowest BCUT2D eigenvalue weighted by Crippen LogP contribution is -2.43. The van der Waals surface area contributed by atoms with E-state index in [9.17, 15) is 14.4 Å². The van der Waals surface area contributed by atoms with Gasteiger partial charge < -0.3 is 20.5 Å². The van der Waals surface area contributed by atoms with E-state index in [0.717, 1.165) is 0 Å². The van der Waals surface area contributed by atoms with Crippen LogP contribution in [-0.4, -0.2) is 37.7 Å². The molecule has 1 aromatic rings. The zero-order chi connectivity index (χ0) is 15.8. The van der Waals surface area contributed by atoms with Gasteiger partial charge in [-0.15, -0.1) is 0 Å². The highest BCUT2D eigenvalue weighted by atomic mass is 16.5. The van der Waals surface area contributed by atoms with E-state index < -0.39 is 24.0 Å². The number of esters is 1. The van der Waals surface area contributed by atoms with Gasteiger partial charge in [0.1, 0.15) is 0 Å². The minimum absolute atomic E-state index is 0.137. The molecule has 0 aromatic heterocycles. The number of hydrogen-bond donors (Lipinski definition) is 3. The molecule has 1 rings (SSSR count). The maximum Gasteiger partial charge on any atom is 0.411 e. The molecule has 0 spiro atoms. The van der Waals surface area contributed by atoms with Crippen molar-refractivity contribution in [3.05, 3.63) is 24.3 Å². The quantitative estimate of drug-likeness (QED) is 0.543. The molecule has 114 valence electrons. The Morgan fingerprint density at radius 2 is 1.86 bits per heavy atom. The van der Waals surface area contributed by atoms with Crippen molar-refractivity contribution in [1.29, 1.82) is 0 Å². The Morgan fingerprint density at radius 3 is 2.43 bits per heavy atom. The summed E-state index contributed by atoms with van der Waals surface area (Å²) in [6, 6.07) is 4.88. The Hall–Kier alpha value is -2.61. The molecule has 0 bridgehead atoms. The number of hydrogen-bond acceptors (Lipinski definition) is 6. The third kappa shape index (κ3) is 5.11. The van der Waals surface area contributed by atoms with Crippen LogP contribution in [0.2, 0.25) is 0 Å². The van der Waals surface area contributed by atoms with Gasteiger partial charge in [-0.1, -0.05) is 6.07 Å². The van der Waals surface area contributed by atoms with Crippen LogP contribution in [0.15, 0.2) is 24.3 Å². The monoisotopic (exact) mass is 295 g/mol. The van der Waals surface area contributed by atoms with E-state index in [-0.39, 0.29) is 6.61 Å². The third-order valence-electron chi connectivity index (χ3n) is 2.38. The van der Waals surface area contributed by atoms with E-state index in [1.165, 1.54) is 13.2 Å². The van der Waals surface area contributed by atoms with Crippen molar-refractivity contribution in [1.82, 2.24) is 0 Å². The summed E-state index contributed by atoms with van der Waals surface area (Å²) >= 11 is 0. The molecular formula is C13H17N3O5. The molecule has 0 fully saturated rings. The molecule has 0 saturated carbocycles. The molecule has 2 amide bonds. The highest BCUT2D eigenvalue weighted by Gasteiger charge is 2.23. The predicted octanol–water partition coefficient (Wildman–Crippen LogP) is 0.694. The van der Waals surface area contributed by atoms with E-state index >= 15 is 0 Å². The van der Waals surface area contributed by atoms with Crippen LogP contribution in [0, 0.1) is 0 Å². The number of carbonyl (C=O) groups excluding carboxylic acids is 3. The number of benzene rings is 1. The topological polar surface area (TPSA) is 120 Å². The van der Waals surface area contributed by atoms with Gasteiger partial charge in [-0.3, -0.25) is 10.1 Å². The Labute approximate surface area is 121 Å². The maximum absolute atomic E-state index is 11.8. The lowest BCUT2D eigenvalue weighted by Gasteiger charge is -2.12. The third-order valence-corrected chi connectivity index (χ3v) is 2.38. The number of amides is 2. The highest BCUT2D eigenvalue weighted by Crippen LogP contribution is 2.15. The van der Waals surface area contributed by atoms with E-state index in [1.54, 1.807) is 25.1 Å². The van der Waals surface area contributed by atoms with Crippen molar-refractivity contribution in [3.63, 3.8) is 0 Å². The molecule has 8 nitrogen and oxygen atoms in total. The van der Waals surface area contributed by atoms with Crippen molar-refractivity contribution in [2.24, 2.45) is 5.73 Å². The molecule has 1 atom stereocenters. The number of nitrogens with one attached hydrogen (secondary N) is 2. The molecule has 21 heavy (non-hydrogen) atoms. The maximum atomic E-state index is 11.8. The van der Waals surface area contributed by atoms with Gasteiger partial charge in [0.05, 0.1) is 13.7 Å². The fourth-order valence-corrected chi connectivity index (χ4v) is 1.40. The summed E-state index contributed by atoms with van der Waals surface area (Å²) in [5.74, 6) is -1.51. The second-order valence-corrected chi connectivity index (χ2v) is 3.92. The number of rotatable bonds is 5. The van der Waals surface area contributed by atoms with E-state index in [2.05, 4.69) is 20.1 Å². The minimum atomic E-state index is -1.41. The van der Waals surface area contributed by atoms with Crippen LogP contribution >= 0.6 is 0 Å². The lowest BCUT2D eigenvalue weighted by molar-refractivity contribution is -0.146. The zero-order valence-electron chi connectivity index (χ0n) is 11.7. The van der Waals surface area contributed by atoms with Crippen LogP contribution in [0.25, 0.3) is 0 Å². The second kappa shape index (κ2) is 7.85. The Balaban J connectivity index is 2.70. The minimum Gasteiger partial charge on any atom is -0.464 e. The first kappa shape index (κ1) is 16.4. The summed E-state index contributed by atoms with van der Waals surface area (Å²) < 4.78 is 9.11. The molecule has 4 N–H and O–H groups in total. The van der Waals surface area contributed by atoms with E-state index in [0.29, 0.717) is 11.4 Å². The van der Waals surface area contributed by atoms with E-state index in [4.69, 9.17) is 5.73 Å². The predicted molar refractivity (Wildman–Crippen MR) is 75.7 cm³/mol. The molecule has 1 unspecified atom stereocenters. The molecule has 8 heteroatoms. The number of nitrogens with two attached hydrogens (primary N) is 1. The SMILES string of the molecule is CCOC(=O)C(N)C(=O)Nc1cccc(NC(=O)OC)c1. The van der Waals surface area contributed by atoms with Crippen LogP contribution < -0.4 is 16.4 Å². The summed E-state index contributed by atoms with van der Waals surface area (Å²) in [5, 5.41) is 4.90. The van der Waals surface area contributed by atoms with Gasteiger partial charge in [0.15, 0.2) is 6.04 Å². The molecule has 0 saturated heterocycles. The number of anilines is 2. The van der Waals surface area contributed by atoms with Crippen molar-refractivity contribution >= 4 is 29.3 Å². The average molecular weight is 295 g/mol. The van der Waals surface area contributed by atoms with Crippen LogP contribution in [0.3, 0.4) is 0 Å². The van der Waals surface area contributed by atoms with Gasteiger partial charge in [-0.05, 0) is 25.1 Å². The highest BCUT2D eigenvalue weighted by molar-refractivity contribution is 6.08. The Morgan fingerprint density at radius 1 is 1.24 bits per heavy atom. The normalized spacial score (nSPS) is 11.2. The molecule has 0 aliphatic heterocycles. The first-order valence-corrected chi connectivity index (χ1v) is 6.16. The van der Waals surface area contributed by atoms with Gasteiger partial charge in [-0.25, -0.2) is 9.59 Å². The smallest absolute Gasteiger partial charge is 0.411 e. The van der Waals surface area contributed by atoms with Crippen LogP contribution in [0.4, 0.5) is 16.2 Å². The number of ether oxygens (including phenoxy) is 2. The van der Waals surface area contributed by atoms with Crippen molar-refractivity contribution in [2.45, 2.75) is 13.0 Å². The summed E-state index contributed by atoms with van der Waals surface area (Å²) in [6.45, 7) is 1.75. The molecular weight excluding hydrogens is 278 g/mol. The van der Waals surface area contributed by atoms with Crippen LogP contribution in [0.5, 0.6) is 0 Å². The van der Waals surface area contributed by atoms with Gasteiger partial charge in [0.25, 0.3) is 5.91 Å². The largest absolute Gasteiger partial charge is 0.464 e. The van der Waals surface area contributed by atoms with Crippen LogP contribution in [-0.2, 0) is 19.1 Å². The molecule has 0 aliphatic carbocycles. The van der Waals surface area contributed by atoms with Crippen molar-refractivity contribution in [3.8, 4) is 0 Å². The first-order valence-electron chi connectivity index (χ1n) is 6.16.